The Hall–Kier alpha value is -4.44. The van der Waals surface area contributed by atoms with Crippen molar-refractivity contribution in [2.24, 2.45) is 0 Å². The second-order valence-corrected chi connectivity index (χ2v) is 8.15. The Morgan fingerprint density at radius 1 is 0.303 bits per heavy atom. The molecule has 0 N–H and O–H groups in total. The highest BCUT2D eigenvalue weighted by atomic mass is 14.0. The summed E-state index contributed by atoms with van der Waals surface area (Å²) >= 11 is 0. The van der Waals surface area contributed by atoms with Gasteiger partial charge in [-0.1, -0.05) is 88.6 Å². The largest absolute Gasteiger partial charge is 0.0617 e. The van der Waals surface area contributed by atoms with E-state index >= 15 is 0 Å². The van der Waals surface area contributed by atoms with Gasteiger partial charge in [-0.05, 0) is 75.4 Å². The lowest BCUT2D eigenvalue weighted by Crippen LogP contribution is -1.86. The summed E-state index contributed by atoms with van der Waals surface area (Å²) in [6, 6.07) is 30.8. The molecular formula is C33H24. The number of benzene rings is 4. The quantitative estimate of drug-likeness (QED) is 0.274. The van der Waals surface area contributed by atoms with Crippen LogP contribution in [0.3, 0.4) is 0 Å². The molecule has 0 heteroatoms. The fraction of sp³-hybridized carbons (Fsp3) is 0.0909. The van der Waals surface area contributed by atoms with Crippen molar-refractivity contribution in [2.45, 2.75) is 20.8 Å². The first-order valence-electron chi connectivity index (χ1n) is 10.9. The molecular weight excluding hydrogens is 396 g/mol. The summed E-state index contributed by atoms with van der Waals surface area (Å²) in [4.78, 5) is 0. The van der Waals surface area contributed by atoms with Gasteiger partial charge in [0.2, 0.25) is 0 Å². The molecule has 0 radical (unpaired) electrons. The lowest BCUT2D eigenvalue weighted by atomic mass is 10.0. The highest BCUT2D eigenvalue weighted by molar-refractivity contribution is 5.55. The van der Waals surface area contributed by atoms with E-state index in [4.69, 9.17) is 0 Å². The number of rotatable bonds is 0. The standard InChI is InChI=1S/C33H24/c1-25-4-10-28(11-5-25)16-19-31-22-32(20-17-29-12-6-26(2)7-13-29)24-33(23-31)21-18-30-14-8-27(3)9-15-30/h4-15,22-24H,1-3H3. The fourth-order valence-electron chi connectivity index (χ4n) is 3.19. The Labute approximate surface area is 197 Å². The Bertz CT molecular complexity index is 1250. The molecule has 4 aromatic rings. The first kappa shape index (κ1) is 21.8. The van der Waals surface area contributed by atoms with Crippen molar-refractivity contribution < 1.29 is 0 Å². The predicted molar refractivity (Wildman–Crippen MR) is 138 cm³/mol. The third kappa shape index (κ3) is 6.52. The van der Waals surface area contributed by atoms with Gasteiger partial charge in [-0.3, -0.25) is 0 Å². The summed E-state index contributed by atoms with van der Waals surface area (Å²) in [7, 11) is 0. The van der Waals surface area contributed by atoms with Gasteiger partial charge in [-0.2, -0.15) is 0 Å². The Morgan fingerprint density at radius 2 is 0.515 bits per heavy atom. The molecule has 0 spiro atoms. The molecule has 0 atom stereocenters. The van der Waals surface area contributed by atoms with Gasteiger partial charge in [0, 0.05) is 33.4 Å². The molecule has 0 fully saturated rings. The van der Waals surface area contributed by atoms with Crippen LogP contribution in [0.25, 0.3) is 0 Å². The van der Waals surface area contributed by atoms with Crippen LogP contribution in [0.5, 0.6) is 0 Å². The van der Waals surface area contributed by atoms with E-state index in [0.29, 0.717) is 0 Å². The summed E-state index contributed by atoms with van der Waals surface area (Å²) in [5.41, 5.74) is 9.35. The van der Waals surface area contributed by atoms with E-state index in [-0.39, 0.29) is 0 Å². The van der Waals surface area contributed by atoms with Gasteiger partial charge >= 0.3 is 0 Å². The molecule has 4 aromatic carbocycles. The molecule has 0 nitrogen and oxygen atoms in total. The summed E-state index contributed by atoms with van der Waals surface area (Å²) in [6.07, 6.45) is 0. The first-order valence-corrected chi connectivity index (χ1v) is 10.9. The summed E-state index contributed by atoms with van der Waals surface area (Å²) in [5, 5.41) is 0. The van der Waals surface area contributed by atoms with E-state index in [9.17, 15) is 0 Å². The zero-order chi connectivity index (χ0) is 23.0. The van der Waals surface area contributed by atoms with Gasteiger partial charge in [0.15, 0.2) is 0 Å². The normalized spacial score (nSPS) is 9.55. The Kier molecular flexibility index (Phi) is 6.76. The van der Waals surface area contributed by atoms with E-state index in [1.54, 1.807) is 0 Å². The second-order valence-electron chi connectivity index (χ2n) is 8.15. The third-order valence-electron chi connectivity index (χ3n) is 5.14. The molecule has 0 aliphatic rings. The summed E-state index contributed by atoms with van der Waals surface area (Å²) in [6.45, 7) is 6.23. The van der Waals surface area contributed by atoms with Crippen molar-refractivity contribution in [2.75, 3.05) is 0 Å². The SMILES string of the molecule is Cc1ccc(C#Cc2cc(C#Cc3ccc(C)cc3)cc(C#Cc3ccc(C)cc3)c2)cc1. The predicted octanol–water partition coefficient (Wildman–Crippen LogP) is 6.81. The Balaban J connectivity index is 1.70. The minimum atomic E-state index is 0.902. The van der Waals surface area contributed by atoms with Crippen LogP contribution in [0.1, 0.15) is 50.1 Å². The van der Waals surface area contributed by atoms with Crippen LogP contribution in [-0.2, 0) is 0 Å². The lowest BCUT2D eigenvalue weighted by Gasteiger charge is -1.98. The van der Waals surface area contributed by atoms with Crippen LogP contribution in [0.4, 0.5) is 0 Å². The van der Waals surface area contributed by atoms with Crippen LogP contribution in [0.15, 0.2) is 91.0 Å². The van der Waals surface area contributed by atoms with Crippen LogP contribution >= 0.6 is 0 Å². The molecule has 0 amide bonds. The maximum Gasteiger partial charge on any atom is 0.0273 e. The third-order valence-corrected chi connectivity index (χ3v) is 5.14. The average Bonchev–Trinajstić information content (AvgIpc) is 2.83. The zero-order valence-electron chi connectivity index (χ0n) is 19.2. The topological polar surface area (TPSA) is 0 Å². The van der Waals surface area contributed by atoms with Crippen LogP contribution in [0.2, 0.25) is 0 Å². The second kappa shape index (κ2) is 10.2. The molecule has 0 saturated carbocycles. The molecule has 0 unspecified atom stereocenters. The van der Waals surface area contributed by atoms with Gasteiger partial charge < -0.3 is 0 Å². The van der Waals surface area contributed by atoms with E-state index in [2.05, 4.69) is 92.7 Å². The summed E-state index contributed by atoms with van der Waals surface area (Å²) in [5.74, 6) is 19.6. The molecule has 4 rings (SSSR count). The maximum atomic E-state index is 3.29. The monoisotopic (exact) mass is 420 g/mol. The minimum Gasteiger partial charge on any atom is -0.0617 e. The van der Waals surface area contributed by atoms with Crippen molar-refractivity contribution in [3.05, 3.63) is 141 Å². The van der Waals surface area contributed by atoms with Crippen molar-refractivity contribution in [3.63, 3.8) is 0 Å². The maximum absolute atomic E-state index is 3.29. The first-order chi connectivity index (χ1) is 16.0. The fourth-order valence-corrected chi connectivity index (χ4v) is 3.19. The van der Waals surface area contributed by atoms with E-state index < -0.39 is 0 Å². The van der Waals surface area contributed by atoms with E-state index in [1.807, 2.05) is 54.6 Å². The van der Waals surface area contributed by atoms with Crippen molar-refractivity contribution in [3.8, 4) is 35.5 Å². The number of hydrogen-bond acceptors (Lipinski definition) is 0. The number of aryl methyl sites for hydroxylation is 3. The molecule has 0 aliphatic carbocycles. The van der Waals surface area contributed by atoms with Gasteiger partial charge in [0.1, 0.15) is 0 Å². The minimum absolute atomic E-state index is 0.902. The van der Waals surface area contributed by atoms with E-state index in [0.717, 1.165) is 33.4 Å². The molecule has 156 valence electrons. The van der Waals surface area contributed by atoms with Gasteiger partial charge in [0.05, 0.1) is 0 Å². The smallest absolute Gasteiger partial charge is 0.0273 e. The van der Waals surface area contributed by atoms with Crippen molar-refractivity contribution in [1.29, 1.82) is 0 Å². The van der Waals surface area contributed by atoms with Gasteiger partial charge in [0.25, 0.3) is 0 Å². The van der Waals surface area contributed by atoms with Gasteiger partial charge in [-0.15, -0.1) is 0 Å². The molecule has 0 bridgehead atoms. The van der Waals surface area contributed by atoms with Crippen LogP contribution in [-0.4, -0.2) is 0 Å². The lowest BCUT2D eigenvalue weighted by molar-refractivity contribution is 1.46. The zero-order valence-corrected chi connectivity index (χ0v) is 19.2. The van der Waals surface area contributed by atoms with Crippen LogP contribution < -0.4 is 0 Å². The molecule has 0 aromatic heterocycles. The Morgan fingerprint density at radius 3 is 0.758 bits per heavy atom. The van der Waals surface area contributed by atoms with Crippen LogP contribution in [0, 0.1) is 56.3 Å². The average molecular weight is 421 g/mol. The summed E-state index contributed by atoms with van der Waals surface area (Å²) < 4.78 is 0. The van der Waals surface area contributed by atoms with Gasteiger partial charge in [-0.25, -0.2) is 0 Å². The molecule has 0 saturated heterocycles. The highest BCUT2D eigenvalue weighted by Crippen LogP contribution is 2.11. The number of hydrogen-bond donors (Lipinski definition) is 0. The van der Waals surface area contributed by atoms with Crippen molar-refractivity contribution in [1.82, 2.24) is 0 Å². The van der Waals surface area contributed by atoms with Crippen molar-refractivity contribution >= 4 is 0 Å². The molecule has 33 heavy (non-hydrogen) atoms. The molecule has 0 aliphatic heterocycles. The highest BCUT2D eigenvalue weighted by Gasteiger charge is 1.98. The molecule has 0 heterocycles. The van der Waals surface area contributed by atoms with E-state index in [1.165, 1.54) is 16.7 Å².